The Balaban J connectivity index is 1.35. The van der Waals surface area contributed by atoms with Crippen LogP contribution in [0.2, 0.25) is 0 Å². The van der Waals surface area contributed by atoms with E-state index in [2.05, 4.69) is 38.1 Å². The van der Waals surface area contributed by atoms with Crippen LogP contribution >= 0.6 is 0 Å². The molecular weight excluding hydrogens is 326 g/mol. The standard InChI is InChI=1S/C20H25N5O/c1-24(13-16-12-21-25(14-16)18-10-6-3-7-11-18)15-19-22-23-20(26-19)17-8-4-2-5-9-17/h2,4-5,8-9,12,14,18H,3,6-7,10-11,13,15H2,1H3. The van der Waals surface area contributed by atoms with E-state index >= 15 is 0 Å². The van der Waals surface area contributed by atoms with Crippen molar-refractivity contribution in [1.82, 2.24) is 24.9 Å². The molecule has 26 heavy (non-hydrogen) atoms. The molecule has 1 aromatic carbocycles. The lowest BCUT2D eigenvalue weighted by Crippen LogP contribution is -2.17. The Morgan fingerprint density at radius 1 is 1.08 bits per heavy atom. The number of hydrogen-bond acceptors (Lipinski definition) is 5. The molecule has 0 atom stereocenters. The van der Waals surface area contributed by atoms with Crippen LogP contribution in [-0.4, -0.2) is 31.9 Å². The van der Waals surface area contributed by atoms with Crippen molar-refractivity contribution < 1.29 is 4.42 Å². The van der Waals surface area contributed by atoms with E-state index in [1.165, 1.54) is 37.7 Å². The van der Waals surface area contributed by atoms with E-state index in [1.54, 1.807) is 0 Å². The molecule has 3 aromatic rings. The molecule has 1 saturated carbocycles. The van der Waals surface area contributed by atoms with Gasteiger partial charge in [-0.15, -0.1) is 10.2 Å². The van der Waals surface area contributed by atoms with Gasteiger partial charge in [-0.2, -0.15) is 5.10 Å². The Hall–Kier alpha value is -2.47. The molecule has 1 fully saturated rings. The van der Waals surface area contributed by atoms with E-state index < -0.39 is 0 Å². The third-order valence-electron chi connectivity index (χ3n) is 4.95. The summed E-state index contributed by atoms with van der Waals surface area (Å²) in [7, 11) is 2.06. The number of hydrogen-bond donors (Lipinski definition) is 0. The summed E-state index contributed by atoms with van der Waals surface area (Å²) in [5, 5.41) is 12.9. The van der Waals surface area contributed by atoms with Crippen LogP contribution in [0.15, 0.2) is 47.1 Å². The highest BCUT2D eigenvalue weighted by atomic mass is 16.4. The van der Waals surface area contributed by atoms with Crippen molar-refractivity contribution in [2.75, 3.05) is 7.05 Å². The van der Waals surface area contributed by atoms with Gasteiger partial charge in [0.2, 0.25) is 11.8 Å². The van der Waals surface area contributed by atoms with Gasteiger partial charge >= 0.3 is 0 Å². The monoisotopic (exact) mass is 351 g/mol. The lowest BCUT2D eigenvalue weighted by Gasteiger charge is -2.21. The molecule has 0 amide bonds. The minimum Gasteiger partial charge on any atom is -0.419 e. The van der Waals surface area contributed by atoms with Gasteiger partial charge in [-0.3, -0.25) is 9.58 Å². The normalized spacial score (nSPS) is 15.6. The van der Waals surface area contributed by atoms with Crippen molar-refractivity contribution >= 4 is 0 Å². The summed E-state index contributed by atoms with van der Waals surface area (Å²) in [4.78, 5) is 2.17. The molecule has 0 unspecified atom stereocenters. The summed E-state index contributed by atoms with van der Waals surface area (Å²) in [5.41, 5.74) is 2.17. The summed E-state index contributed by atoms with van der Waals surface area (Å²) in [6.07, 6.45) is 10.7. The molecule has 6 heteroatoms. The fraction of sp³-hybridized carbons (Fsp3) is 0.450. The smallest absolute Gasteiger partial charge is 0.247 e. The van der Waals surface area contributed by atoms with Gasteiger partial charge in [-0.05, 0) is 32.0 Å². The molecule has 0 aliphatic heterocycles. The largest absolute Gasteiger partial charge is 0.419 e. The minimum absolute atomic E-state index is 0.569. The molecule has 1 aliphatic rings. The first-order valence-electron chi connectivity index (χ1n) is 9.37. The minimum atomic E-state index is 0.569. The fourth-order valence-corrected chi connectivity index (χ4v) is 3.62. The topological polar surface area (TPSA) is 60.0 Å². The second kappa shape index (κ2) is 7.83. The number of nitrogens with zero attached hydrogens (tertiary/aromatic N) is 5. The van der Waals surface area contributed by atoms with E-state index in [0.29, 0.717) is 24.4 Å². The van der Waals surface area contributed by atoms with Crippen LogP contribution in [-0.2, 0) is 13.1 Å². The fourth-order valence-electron chi connectivity index (χ4n) is 3.62. The Labute approximate surface area is 153 Å². The van der Waals surface area contributed by atoms with E-state index in [9.17, 15) is 0 Å². The van der Waals surface area contributed by atoms with E-state index in [-0.39, 0.29) is 0 Å². The first-order valence-corrected chi connectivity index (χ1v) is 9.37. The Morgan fingerprint density at radius 3 is 2.69 bits per heavy atom. The lowest BCUT2D eigenvalue weighted by molar-refractivity contribution is 0.282. The third kappa shape index (κ3) is 4.02. The maximum Gasteiger partial charge on any atom is 0.247 e. The molecule has 0 saturated heterocycles. The number of rotatable bonds is 6. The highest BCUT2D eigenvalue weighted by molar-refractivity contribution is 5.51. The molecule has 4 rings (SSSR count). The zero-order valence-electron chi connectivity index (χ0n) is 15.2. The maximum absolute atomic E-state index is 5.79. The molecular formula is C20H25N5O. The summed E-state index contributed by atoms with van der Waals surface area (Å²) >= 11 is 0. The Kier molecular flexibility index (Phi) is 5.11. The van der Waals surface area contributed by atoms with Crippen LogP contribution in [0.25, 0.3) is 11.5 Å². The van der Waals surface area contributed by atoms with Gasteiger partial charge < -0.3 is 4.42 Å². The highest BCUT2D eigenvalue weighted by Gasteiger charge is 2.17. The van der Waals surface area contributed by atoms with Crippen molar-refractivity contribution in [2.45, 2.75) is 51.2 Å². The molecule has 1 aliphatic carbocycles. The van der Waals surface area contributed by atoms with Gasteiger partial charge in [0.15, 0.2) is 0 Å². The zero-order chi connectivity index (χ0) is 17.8. The van der Waals surface area contributed by atoms with Gasteiger partial charge in [0.05, 0.1) is 18.8 Å². The van der Waals surface area contributed by atoms with Crippen molar-refractivity contribution in [2.24, 2.45) is 0 Å². The third-order valence-corrected chi connectivity index (χ3v) is 4.95. The van der Waals surface area contributed by atoms with E-state index in [4.69, 9.17) is 4.42 Å². The van der Waals surface area contributed by atoms with Crippen molar-refractivity contribution in [3.8, 4) is 11.5 Å². The van der Waals surface area contributed by atoms with Gasteiger partial charge in [-0.25, -0.2) is 0 Å². The number of aromatic nitrogens is 4. The Bertz CT molecular complexity index is 820. The molecule has 0 radical (unpaired) electrons. The van der Waals surface area contributed by atoms with E-state index in [0.717, 1.165) is 12.1 Å². The molecule has 0 spiro atoms. The predicted molar refractivity (Wildman–Crippen MR) is 99.3 cm³/mol. The molecule has 0 N–H and O–H groups in total. The second-order valence-corrected chi connectivity index (χ2v) is 7.16. The lowest BCUT2D eigenvalue weighted by atomic mass is 9.96. The van der Waals surface area contributed by atoms with Crippen LogP contribution in [0.3, 0.4) is 0 Å². The maximum atomic E-state index is 5.79. The molecule has 136 valence electrons. The van der Waals surface area contributed by atoms with Crippen molar-refractivity contribution in [3.63, 3.8) is 0 Å². The first kappa shape index (κ1) is 17.0. The van der Waals surface area contributed by atoms with Crippen LogP contribution in [0, 0.1) is 0 Å². The average Bonchev–Trinajstić information content (AvgIpc) is 3.33. The highest BCUT2D eigenvalue weighted by Crippen LogP contribution is 2.27. The predicted octanol–water partition coefficient (Wildman–Crippen LogP) is 4.07. The van der Waals surface area contributed by atoms with Gasteiger partial charge in [0.25, 0.3) is 0 Å². The SMILES string of the molecule is CN(Cc1cnn(C2CCCCC2)c1)Cc1nnc(-c2ccccc2)o1. The zero-order valence-corrected chi connectivity index (χ0v) is 15.2. The van der Waals surface area contributed by atoms with Crippen LogP contribution in [0.5, 0.6) is 0 Å². The summed E-state index contributed by atoms with van der Waals surface area (Å²) in [5.74, 6) is 1.20. The Morgan fingerprint density at radius 2 is 1.88 bits per heavy atom. The van der Waals surface area contributed by atoms with Crippen LogP contribution in [0.4, 0.5) is 0 Å². The second-order valence-electron chi connectivity index (χ2n) is 7.16. The van der Waals surface area contributed by atoms with Gasteiger partial charge in [-0.1, -0.05) is 37.5 Å². The van der Waals surface area contributed by atoms with Gasteiger partial charge in [0.1, 0.15) is 0 Å². The summed E-state index contributed by atoms with van der Waals surface area (Å²) in [6.45, 7) is 1.43. The van der Waals surface area contributed by atoms with E-state index in [1.807, 2.05) is 36.5 Å². The molecule has 2 heterocycles. The van der Waals surface area contributed by atoms with Crippen molar-refractivity contribution in [1.29, 1.82) is 0 Å². The quantitative estimate of drug-likeness (QED) is 0.670. The summed E-state index contributed by atoms with van der Waals surface area (Å²) in [6, 6.07) is 10.4. The molecule has 0 bridgehead atoms. The summed E-state index contributed by atoms with van der Waals surface area (Å²) < 4.78 is 7.95. The van der Waals surface area contributed by atoms with Gasteiger partial charge in [0, 0.05) is 23.9 Å². The average molecular weight is 351 g/mol. The van der Waals surface area contributed by atoms with Crippen LogP contribution in [0.1, 0.15) is 49.6 Å². The van der Waals surface area contributed by atoms with Crippen LogP contribution < -0.4 is 0 Å². The molecule has 2 aromatic heterocycles. The first-order chi connectivity index (χ1) is 12.8. The molecule has 6 nitrogen and oxygen atoms in total. The van der Waals surface area contributed by atoms with Crippen molar-refractivity contribution in [3.05, 3.63) is 54.2 Å². The number of benzene rings is 1.